The van der Waals surface area contributed by atoms with Gasteiger partial charge in [0.25, 0.3) is 0 Å². The molecule has 0 amide bonds. The number of rotatable bonds is 1. The third kappa shape index (κ3) is 1.94. The van der Waals surface area contributed by atoms with Crippen molar-refractivity contribution in [2.24, 2.45) is 5.92 Å². The van der Waals surface area contributed by atoms with E-state index in [2.05, 4.69) is 0 Å². The third-order valence-corrected chi connectivity index (χ3v) is 6.10. The van der Waals surface area contributed by atoms with E-state index in [4.69, 9.17) is 14.5 Å². The molecule has 4 nitrogen and oxygen atoms in total. The van der Waals surface area contributed by atoms with E-state index in [0.717, 1.165) is 31.2 Å². The highest BCUT2D eigenvalue weighted by atomic mass is 19.1. The first-order valence-electron chi connectivity index (χ1n) is 8.67. The summed E-state index contributed by atoms with van der Waals surface area (Å²) in [5, 5.41) is 0. The largest absolute Gasteiger partial charge is 0.454 e. The van der Waals surface area contributed by atoms with Crippen LogP contribution in [0.15, 0.2) is 35.9 Å². The summed E-state index contributed by atoms with van der Waals surface area (Å²) in [6, 6.07) is 6.10. The van der Waals surface area contributed by atoms with Crippen LogP contribution in [0.1, 0.15) is 50.2 Å². The quantitative estimate of drug-likeness (QED) is 0.581. The Morgan fingerprint density at radius 3 is 2.75 bits per heavy atom. The molecule has 2 spiro atoms. The highest BCUT2D eigenvalue weighted by Crippen LogP contribution is 2.58. The molecular formula is C19H19FO4. The summed E-state index contributed by atoms with van der Waals surface area (Å²) in [5.74, 6) is -0.243. The van der Waals surface area contributed by atoms with Crippen LogP contribution in [0.5, 0.6) is 0 Å². The van der Waals surface area contributed by atoms with Gasteiger partial charge in [-0.3, -0.25) is 0 Å². The minimum atomic E-state index is -0.724. The second-order valence-electron chi connectivity index (χ2n) is 7.47. The predicted molar refractivity (Wildman–Crippen MR) is 82.1 cm³/mol. The Bertz CT molecular complexity index is 727. The van der Waals surface area contributed by atoms with E-state index < -0.39 is 17.3 Å². The lowest BCUT2D eigenvalue weighted by Gasteiger charge is -2.57. The average Bonchev–Trinajstić information content (AvgIpc) is 2.60. The molecule has 5 aliphatic rings. The Labute approximate surface area is 139 Å². The first kappa shape index (κ1) is 14.6. The van der Waals surface area contributed by atoms with Gasteiger partial charge in [-0.05, 0) is 49.0 Å². The summed E-state index contributed by atoms with van der Waals surface area (Å²) < 4.78 is 18.8. The van der Waals surface area contributed by atoms with E-state index in [1.54, 1.807) is 12.1 Å². The molecule has 2 saturated heterocycles. The van der Waals surface area contributed by atoms with Crippen LogP contribution in [0.25, 0.3) is 0 Å². The maximum Gasteiger partial charge on any atom is 0.337 e. The molecule has 0 radical (unpaired) electrons. The Hall–Kier alpha value is -1.72. The molecule has 3 fully saturated rings. The van der Waals surface area contributed by atoms with Gasteiger partial charge in [0.1, 0.15) is 23.1 Å². The number of benzene rings is 1. The Balaban J connectivity index is 1.53. The van der Waals surface area contributed by atoms with Crippen molar-refractivity contribution in [3.63, 3.8) is 0 Å². The number of halogens is 1. The monoisotopic (exact) mass is 330 g/mol. The molecule has 3 unspecified atom stereocenters. The zero-order valence-electron chi connectivity index (χ0n) is 13.3. The third-order valence-electron chi connectivity index (χ3n) is 6.10. The molecule has 2 aliphatic carbocycles. The molecule has 5 heteroatoms. The number of ether oxygens (including phenoxy) is 1. The molecule has 126 valence electrons. The molecule has 3 aliphatic heterocycles. The molecule has 1 aromatic rings. The van der Waals surface area contributed by atoms with Crippen LogP contribution in [0.3, 0.4) is 0 Å². The van der Waals surface area contributed by atoms with Crippen LogP contribution < -0.4 is 0 Å². The highest BCUT2D eigenvalue weighted by molar-refractivity contribution is 5.92. The molecule has 4 atom stereocenters. The van der Waals surface area contributed by atoms with Crippen molar-refractivity contribution in [1.29, 1.82) is 0 Å². The number of fused-ring (bicyclic) bond motifs is 1. The van der Waals surface area contributed by atoms with Crippen LogP contribution in [0.2, 0.25) is 0 Å². The van der Waals surface area contributed by atoms with E-state index in [0.29, 0.717) is 17.9 Å². The van der Waals surface area contributed by atoms with Crippen LogP contribution >= 0.6 is 0 Å². The van der Waals surface area contributed by atoms with Crippen molar-refractivity contribution < 1.29 is 23.7 Å². The van der Waals surface area contributed by atoms with Gasteiger partial charge in [0.15, 0.2) is 0 Å². The van der Waals surface area contributed by atoms with Crippen molar-refractivity contribution in [2.75, 3.05) is 0 Å². The van der Waals surface area contributed by atoms with Crippen LogP contribution in [0.4, 0.5) is 4.39 Å². The number of hydrogen-bond donors (Lipinski definition) is 0. The van der Waals surface area contributed by atoms with Gasteiger partial charge in [0, 0.05) is 6.42 Å². The molecule has 2 bridgehead atoms. The van der Waals surface area contributed by atoms with E-state index in [1.807, 2.05) is 6.08 Å². The molecular weight excluding hydrogens is 311 g/mol. The molecule has 6 rings (SSSR count). The van der Waals surface area contributed by atoms with Gasteiger partial charge in [0.2, 0.25) is 0 Å². The van der Waals surface area contributed by atoms with Crippen molar-refractivity contribution in [2.45, 2.75) is 55.8 Å². The zero-order valence-corrected chi connectivity index (χ0v) is 13.3. The Morgan fingerprint density at radius 1 is 1.08 bits per heavy atom. The summed E-state index contributed by atoms with van der Waals surface area (Å²) in [4.78, 5) is 24.3. The van der Waals surface area contributed by atoms with Gasteiger partial charge in [-0.2, -0.15) is 0 Å². The maximum absolute atomic E-state index is 13.2. The van der Waals surface area contributed by atoms with Gasteiger partial charge < -0.3 is 4.74 Å². The molecule has 3 heterocycles. The normalized spacial score (nSPS) is 40.4. The SMILES string of the molecule is O=C1OC(c2ccc(F)cc2)C[C@@]23CC4CCCCC4(C=C12)OO3. The first-order valence-corrected chi connectivity index (χ1v) is 8.67. The predicted octanol–water partition coefficient (Wildman–Crippen LogP) is 3.77. The molecule has 0 N–H and O–H groups in total. The van der Waals surface area contributed by atoms with E-state index >= 15 is 0 Å². The molecule has 0 aromatic heterocycles. The summed E-state index contributed by atoms with van der Waals surface area (Å²) in [6.07, 6.45) is 7.14. The second-order valence-corrected chi connectivity index (χ2v) is 7.47. The average molecular weight is 330 g/mol. The van der Waals surface area contributed by atoms with Gasteiger partial charge in [-0.1, -0.05) is 25.0 Å². The van der Waals surface area contributed by atoms with Crippen LogP contribution in [-0.2, 0) is 19.3 Å². The lowest BCUT2D eigenvalue weighted by Crippen LogP contribution is -2.62. The van der Waals surface area contributed by atoms with E-state index in [-0.39, 0.29) is 11.8 Å². The second kappa shape index (κ2) is 4.90. The van der Waals surface area contributed by atoms with Gasteiger partial charge >= 0.3 is 5.97 Å². The number of carbonyl (C=O) groups is 1. The Morgan fingerprint density at radius 2 is 1.92 bits per heavy atom. The van der Waals surface area contributed by atoms with Crippen molar-refractivity contribution in [3.8, 4) is 0 Å². The van der Waals surface area contributed by atoms with Crippen molar-refractivity contribution in [1.82, 2.24) is 0 Å². The highest BCUT2D eigenvalue weighted by Gasteiger charge is 2.62. The molecule has 1 saturated carbocycles. The Kier molecular flexibility index (Phi) is 2.98. The number of cyclic esters (lactones) is 1. The standard InChI is InChI=1S/C19H19FO4/c20-14-6-4-12(5-7-14)16-11-19-9-13-3-1-2-8-18(13,23-24-19)10-15(19)17(21)22-16/h4-7,10,13,16H,1-3,8-9,11H2/t13?,16?,18?,19-/m0/s1. The summed E-state index contributed by atoms with van der Waals surface area (Å²) in [6.45, 7) is 0. The van der Waals surface area contributed by atoms with E-state index in [9.17, 15) is 9.18 Å². The minimum Gasteiger partial charge on any atom is -0.454 e. The summed E-state index contributed by atoms with van der Waals surface area (Å²) >= 11 is 0. The summed E-state index contributed by atoms with van der Waals surface area (Å²) in [5.41, 5.74) is 0.230. The fraction of sp³-hybridized carbons (Fsp3) is 0.526. The fourth-order valence-corrected chi connectivity index (χ4v) is 4.83. The van der Waals surface area contributed by atoms with Crippen molar-refractivity contribution in [3.05, 3.63) is 47.3 Å². The van der Waals surface area contributed by atoms with Gasteiger partial charge in [0.05, 0.1) is 5.57 Å². The number of carbonyl (C=O) groups excluding carboxylic acids is 1. The number of esters is 1. The fourth-order valence-electron chi connectivity index (χ4n) is 4.83. The molecule has 1 aromatic carbocycles. The summed E-state index contributed by atoms with van der Waals surface area (Å²) in [7, 11) is 0. The lowest BCUT2D eigenvalue weighted by molar-refractivity contribution is -0.453. The first-order chi connectivity index (χ1) is 11.6. The number of hydrogen-bond acceptors (Lipinski definition) is 4. The van der Waals surface area contributed by atoms with Gasteiger partial charge in [-0.25, -0.2) is 19.0 Å². The zero-order chi connectivity index (χ0) is 16.4. The van der Waals surface area contributed by atoms with Crippen LogP contribution in [-0.4, -0.2) is 17.2 Å². The minimum absolute atomic E-state index is 0.304. The van der Waals surface area contributed by atoms with Crippen LogP contribution in [0, 0.1) is 11.7 Å². The van der Waals surface area contributed by atoms with Crippen molar-refractivity contribution >= 4 is 5.97 Å². The smallest absolute Gasteiger partial charge is 0.337 e. The lowest BCUT2D eigenvalue weighted by atomic mass is 9.61. The topological polar surface area (TPSA) is 44.8 Å². The van der Waals surface area contributed by atoms with Gasteiger partial charge in [-0.15, -0.1) is 0 Å². The molecule has 24 heavy (non-hydrogen) atoms. The maximum atomic E-state index is 13.2. The van der Waals surface area contributed by atoms with E-state index in [1.165, 1.54) is 18.6 Å².